The summed E-state index contributed by atoms with van der Waals surface area (Å²) < 4.78 is 6.85. The summed E-state index contributed by atoms with van der Waals surface area (Å²) in [5.74, 6) is -0.242. The van der Waals surface area contributed by atoms with Gasteiger partial charge in [-0.3, -0.25) is 19.6 Å². The summed E-state index contributed by atoms with van der Waals surface area (Å²) in [6, 6.07) is 3.17. The Morgan fingerprint density at radius 3 is 3.00 bits per heavy atom. The summed E-state index contributed by atoms with van der Waals surface area (Å²) >= 11 is 3.20. The second-order valence-corrected chi connectivity index (χ2v) is 5.58. The number of amides is 1. The van der Waals surface area contributed by atoms with Crippen LogP contribution >= 0.6 is 15.9 Å². The van der Waals surface area contributed by atoms with Crippen molar-refractivity contribution in [3.05, 3.63) is 44.7 Å². The Morgan fingerprint density at radius 2 is 2.36 bits per heavy atom. The van der Waals surface area contributed by atoms with Gasteiger partial charge in [-0.1, -0.05) is 0 Å². The molecular formula is C14H14BrN5O5. The summed E-state index contributed by atoms with van der Waals surface area (Å²) in [6.45, 7) is 1.95. The van der Waals surface area contributed by atoms with E-state index in [1.165, 1.54) is 6.21 Å². The van der Waals surface area contributed by atoms with Gasteiger partial charge in [0.2, 0.25) is 0 Å². The number of carbonyl (C=O) groups excluding carboxylic acids is 1. The zero-order chi connectivity index (χ0) is 18.4. The number of nitrogens with zero attached hydrogens (tertiary/aromatic N) is 4. The molecule has 11 heteroatoms. The van der Waals surface area contributed by atoms with E-state index in [0.29, 0.717) is 16.6 Å². The maximum absolute atomic E-state index is 11.7. The fourth-order valence-corrected chi connectivity index (χ4v) is 2.29. The first kappa shape index (κ1) is 18.4. The van der Waals surface area contributed by atoms with Gasteiger partial charge in [0.05, 0.1) is 22.2 Å². The molecule has 0 radical (unpaired) electrons. The van der Waals surface area contributed by atoms with Crippen LogP contribution in [0, 0.1) is 10.1 Å². The first-order valence-electron chi connectivity index (χ1n) is 7.04. The molecule has 1 heterocycles. The van der Waals surface area contributed by atoms with Crippen LogP contribution < -0.4 is 10.2 Å². The molecule has 132 valence electrons. The lowest BCUT2D eigenvalue weighted by Gasteiger charge is -2.08. The first-order valence-corrected chi connectivity index (χ1v) is 7.84. The van der Waals surface area contributed by atoms with Crippen molar-refractivity contribution >= 4 is 33.7 Å². The minimum Gasteiger partial charge on any atom is -0.503 e. The summed E-state index contributed by atoms with van der Waals surface area (Å²) in [6.07, 6.45) is 3.57. The molecule has 0 aliphatic rings. The molecule has 0 fully saturated rings. The zero-order valence-corrected chi connectivity index (χ0v) is 14.6. The van der Waals surface area contributed by atoms with E-state index in [0.717, 1.165) is 17.1 Å². The van der Waals surface area contributed by atoms with Crippen LogP contribution in [0.2, 0.25) is 0 Å². The Morgan fingerprint density at radius 1 is 1.60 bits per heavy atom. The van der Waals surface area contributed by atoms with E-state index in [-0.39, 0.29) is 23.7 Å². The minimum atomic E-state index is -0.599. The molecule has 2 aromatic rings. The van der Waals surface area contributed by atoms with Crippen molar-refractivity contribution < 1.29 is 19.6 Å². The lowest BCUT2D eigenvalue weighted by molar-refractivity contribution is -0.385. The highest BCUT2D eigenvalue weighted by Gasteiger charge is 2.11. The number of phenols is 1. The topological polar surface area (TPSA) is 132 Å². The Hall–Kier alpha value is -2.95. The number of nitrogens with one attached hydrogen (secondary N) is 1. The molecular weight excluding hydrogens is 398 g/mol. The Kier molecular flexibility index (Phi) is 6.06. The molecule has 0 bridgehead atoms. The summed E-state index contributed by atoms with van der Waals surface area (Å²) in [7, 11) is 0. The van der Waals surface area contributed by atoms with E-state index in [2.05, 4.69) is 31.6 Å². The Balaban J connectivity index is 1.97. The summed E-state index contributed by atoms with van der Waals surface area (Å²) in [5, 5.41) is 27.9. The monoisotopic (exact) mass is 411 g/mol. The first-order chi connectivity index (χ1) is 11.9. The molecule has 1 aromatic heterocycles. The summed E-state index contributed by atoms with van der Waals surface area (Å²) in [5.41, 5.74) is 2.67. The molecule has 0 atom stereocenters. The number of rotatable bonds is 7. The lowest BCUT2D eigenvalue weighted by Crippen LogP contribution is -2.23. The molecule has 25 heavy (non-hydrogen) atoms. The van der Waals surface area contributed by atoms with Crippen molar-refractivity contribution in [2.75, 3.05) is 6.61 Å². The number of halogens is 1. The number of hydrazone groups is 1. The Labute approximate surface area is 150 Å². The predicted octanol–water partition coefficient (Wildman–Crippen LogP) is 1.81. The number of benzene rings is 1. The van der Waals surface area contributed by atoms with E-state index in [4.69, 9.17) is 4.74 Å². The molecule has 1 aromatic carbocycles. The van der Waals surface area contributed by atoms with Crippen molar-refractivity contribution in [1.29, 1.82) is 0 Å². The predicted molar refractivity (Wildman–Crippen MR) is 91.6 cm³/mol. The molecule has 2 rings (SSSR count). The van der Waals surface area contributed by atoms with Gasteiger partial charge < -0.3 is 9.84 Å². The molecule has 0 saturated carbocycles. The van der Waals surface area contributed by atoms with Crippen LogP contribution in [-0.2, 0) is 11.3 Å². The van der Waals surface area contributed by atoms with Gasteiger partial charge in [0.1, 0.15) is 18.9 Å². The van der Waals surface area contributed by atoms with Crippen LogP contribution in [0.5, 0.6) is 11.5 Å². The van der Waals surface area contributed by atoms with Crippen LogP contribution in [0.15, 0.2) is 34.1 Å². The van der Waals surface area contributed by atoms with Crippen molar-refractivity contribution in [2.24, 2.45) is 5.10 Å². The quantitative estimate of drug-likeness (QED) is 0.405. The van der Waals surface area contributed by atoms with Gasteiger partial charge in [-0.2, -0.15) is 10.2 Å². The molecule has 10 nitrogen and oxygen atoms in total. The fraction of sp³-hybridized carbons (Fsp3) is 0.214. The van der Waals surface area contributed by atoms with Crippen LogP contribution in [0.1, 0.15) is 12.5 Å². The zero-order valence-electron chi connectivity index (χ0n) is 13.0. The van der Waals surface area contributed by atoms with Gasteiger partial charge in [-0.25, -0.2) is 5.43 Å². The number of nitro groups is 1. The third-order valence-electron chi connectivity index (χ3n) is 2.89. The number of hydrogen-bond acceptors (Lipinski definition) is 7. The smallest absolute Gasteiger partial charge is 0.307 e. The van der Waals surface area contributed by atoms with E-state index < -0.39 is 10.8 Å². The van der Waals surface area contributed by atoms with Gasteiger partial charge in [0.25, 0.3) is 5.91 Å². The molecule has 0 unspecified atom stereocenters. The SMILES string of the molecule is CCOc1cc(C=NNC(=O)Cn2cc([N+](=O)[O-])cn2)cc(Br)c1O. The third kappa shape index (κ3) is 5.01. The number of carbonyl (C=O) groups is 1. The van der Waals surface area contributed by atoms with Crippen LogP contribution in [0.25, 0.3) is 0 Å². The maximum atomic E-state index is 11.7. The van der Waals surface area contributed by atoms with Gasteiger partial charge in [0, 0.05) is 0 Å². The van der Waals surface area contributed by atoms with Crippen LogP contribution in [0.4, 0.5) is 5.69 Å². The molecule has 0 aliphatic heterocycles. The second-order valence-electron chi connectivity index (χ2n) is 4.73. The van der Waals surface area contributed by atoms with Crippen molar-refractivity contribution in [3.63, 3.8) is 0 Å². The third-order valence-corrected chi connectivity index (χ3v) is 3.49. The van der Waals surface area contributed by atoms with E-state index in [1.54, 1.807) is 19.1 Å². The van der Waals surface area contributed by atoms with Crippen LogP contribution in [0.3, 0.4) is 0 Å². The highest BCUT2D eigenvalue weighted by atomic mass is 79.9. The number of aromatic nitrogens is 2. The standard InChI is InChI=1S/C14H14BrN5O5/c1-2-25-12-4-9(3-11(15)14(12)22)5-16-18-13(21)8-19-7-10(6-17-19)20(23)24/h3-7,22H,2,8H2,1H3,(H,18,21). The molecule has 0 aliphatic carbocycles. The highest BCUT2D eigenvalue weighted by Crippen LogP contribution is 2.34. The van der Waals surface area contributed by atoms with Gasteiger partial charge in [0.15, 0.2) is 11.5 Å². The number of hydrogen-bond donors (Lipinski definition) is 2. The van der Waals surface area contributed by atoms with E-state index >= 15 is 0 Å². The largest absolute Gasteiger partial charge is 0.503 e. The van der Waals surface area contributed by atoms with E-state index in [1.807, 2.05) is 0 Å². The van der Waals surface area contributed by atoms with Gasteiger partial charge in [-0.05, 0) is 40.5 Å². The lowest BCUT2D eigenvalue weighted by atomic mass is 10.2. The highest BCUT2D eigenvalue weighted by molar-refractivity contribution is 9.10. The second kappa shape index (κ2) is 8.24. The Bertz CT molecular complexity index is 820. The van der Waals surface area contributed by atoms with Gasteiger partial charge >= 0.3 is 5.69 Å². The van der Waals surface area contributed by atoms with Crippen molar-refractivity contribution in [3.8, 4) is 11.5 Å². The van der Waals surface area contributed by atoms with Crippen molar-refractivity contribution in [2.45, 2.75) is 13.5 Å². The fourth-order valence-electron chi connectivity index (χ4n) is 1.83. The number of ether oxygens (including phenoxy) is 1. The maximum Gasteiger partial charge on any atom is 0.307 e. The molecule has 2 N–H and O–H groups in total. The number of aromatic hydroxyl groups is 1. The average Bonchev–Trinajstić information content (AvgIpc) is 3.01. The minimum absolute atomic E-state index is 0.0247. The van der Waals surface area contributed by atoms with E-state index in [9.17, 15) is 20.0 Å². The average molecular weight is 412 g/mol. The molecule has 0 saturated heterocycles. The normalized spacial score (nSPS) is 10.8. The van der Waals surface area contributed by atoms with Crippen molar-refractivity contribution in [1.82, 2.24) is 15.2 Å². The molecule has 1 amide bonds. The number of phenolic OH excluding ortho intramolecular Hbond substituents is 1. The summed E-state index contributed by atoms with van der Waals surface area (Å²) in [4.78, 5) is 21.7. The van der Waals surface area contributed by atoms with Crippen LogP contribution in [-0.4, -0.2) is 38.5 Å². The molecule has 0 spiro atoms. The van der Waals surface area contributed by atoms with Gasteiger partial charge in [-0.15, -0.1) is 0 Å².